The first kappa shape index (κ1) is 29.3. The third kappa shape index (κ3) is 5.62. The minimum absolute atomic E-state index is 0.121. The van der Waals surface area contributed by atoms with E-state index in [9.17, 15) is 24.0 Å². The fraction of sp³-hybridized carbons (Fsp3) is 0.343. The lowest BCUT2D eigenvalue weighted by atomic mass is 9.73. The Balaban J connectivity index is 1.06. The van der Waals surface area contributed by atoms with Crippen molar-refractivity contribution in [1.82, 2.24) is 0 Å². The zero-order chi connectivity index (χ0) is 31.0. The summed E-state index contributed by atoms with van der Waals surface area (Å²) in [5.41, 5.74) is 2.45. The molecule has 226 valence electrons. The average molecular weight is 595 g/mol. The first-order valence-corrected chi connectivity index (χ1v) is 15.0. The van der Waals surface area contributed by atoms with E-state index in [2.05, 4.69) is 17.4 Å². The number of nitrogens with one attached hydrogen (secondary N) is 1. The summed E-state index contributed by atoms with van der Waals surface area (Å²) in [4.78, 5) is 65.8. The first-order chi connectivity index (χ1) is 21.2. The second kappa shape index (κ2) is 12.1. The van der Waals surface area contributed by atoms with Crippen LogP contribution in [0.3, 0.4) is 0 Å². The molecule has 6 rings (SSSR count). The molecule has 2 aliphatic carbocycles. The predicted molar refractivity (Wildman–Crippen MR) is 162 cm³/mol. The van der Waals surface area contributed by atoms with Crippen LogP contribution in [0.15, 0.2) is 78.9 Å². The molecule has 0 radical (unpaired) electrons. The van der Waals surface area contributed by atoms with Crippen molar-refractivity contribution in [3.05, 3.63) is 95.6 Å². The molecule has 0 unspecified atom stereocenters. The molecule has 3 aromatic rings. The van der Waals surface area contributed by atoms with Gasteiger partial charge in [0.1, 0.15) is 0 Å². The summed E-state index contributed by atoms with van der Waals surface area (Å²) in [6.07, 6.45) is 1.77. The summed E-state index contributed by atoms with van der Waals surface area (Å²) in [6, 6.07) is 22.6. The average Bonchev–Trinajstić information content (AvgIpc) is 3.70. The smallest absolute Gasteiger partial charge is 0.338 e. The van der Waals surface area contributed by atoms with Gasteiger partial charge in [-0.1, -0.05) is 50.2 Å². The Labute approximate surface area is 255 Å². The number of carbonyl (C=O) groups excluding carboxylic acids is 5. The van der Waals surface area contributed by atoms with Crippen LogP contribution in [0.25, 0.3) is 0 Å². The number of hydrogen-bond donors (Lipinski definition) is 1. The number of hydrogen-bond acceptors (Lipinski definition) is 7. The predicted octanol–water partition coefficient (Wildman–Crippen LogP) is 5.22. The SMILES string of the molecule is CC(C)COC(=O)c1ccc(NC(=O)COC(=O)c2cccc(N3C(=O)[C@@H]4[C@@H]5C[C@@H]([C@@H]4C3=O)[C@@H](c3ccccc3)C5)c2)cc1. The van der Waals surface area contributed by atoms with Gasteiger partial charge in [0, 0.05) is 5.69 Å². The minimum atomic E-state index is -0.756. The Morgan fingerprint density at radius 2 is 1.52 bits per heavy atom. The van der Waals surface area contributed by atoms with Crippen molar-refractivity contribution in [2.45, 2.75) is 32.6 Å². The number of esters is 2. The minimum Gasteiger partial charge on any atom is -0.462 e. The van der Waals surface area contributed by atoms with E-state index in [4.69, 9.17) is 9.47 Å². The zero-order valence-electron chi connectivity index (χ0n) is 24.6. The quantitative estimate of drug-likeness (QED) is 0.266. The monoisotopic (exact) mass is 594 g/mol. The number of imide groups is 1. The number of ether oxygens (including phenoxy) is 2. The van der Waals surface area contributed by atoms with Gasteiger partial charge in [-0.2, -0.15) is 0 Å². The Morgan fingerprint density at radius 1 is 0.818 bits per heavy atom. The molecule has 1 N–H and O–H groups in total. The van der Waals surface area contributed by atoms with Gasteiger partial charge < -0.3 is 14.8 Å². The van der Waals surface area contributed by atoms with E-state index in [-0.39, 0.29) is 52.9 Å². The molecule has 9 heteroatoms. The van der Waals surface area contributed by atoms with Gasteiger partial charge in [0.25, 0.3) is 5.91 Å². The molecule has 2 saturated carbocycles. The number of anilines is 2. The summed E-state index contributed by atoms with van der Waals surface area (Å²) in [6.45, 7) is 3.66. The lowest BCUT2D eigenvalue weighted by Crippen LogP contribution is -2.33. The van der Waals surface area contributed by atoms with Gasteiger partial charge in [0.15, 0.2) is 6.61 Å². The lowest BCUT2D eigenvalue weighted by Gasteiger charge is -2.28. The summed E-state index contributed by atoms with van der Waals surface area (Å²) < 4.78 is 10.4. The fourth-order valence-electron chi connectivity index (χ4n) is 7.00. The van der Waals surface area contributed by atoms with E-state index in [0.717, 1.165) is 12.8 Å². The van der Waals surface area contributed by atoms with Gasteiger partial charge >= 0.3 is 11.9 Å². The van der Waals surface area contributed by atoms with Crippen LogP contribution >= 0.6 is 0 Å². The number of rotatable bonds is 9. The molecular formula is C35H34N2O7. The van der Waals surface area contributed by atoms with Crippen LogP contribution in [0.2, 0.25) is 0 Å². The molecule has 0 spiro atoms. The summed E-state index contributed by atoms with van der Waals surface area (Å²) in [5.74, 6) is -2.10. The maximum absolute atomic E-state index is 13.7. The number of amides is 3. The molecule has 1 aliphatic heterocycles. The van der Waals surface area contributed by atoms with Gasteiger partial charge in [0.2, 0.25) is 11.8 Å². The Morgan fingerprint density at radius 3 is 2.25 bits per heavy atom. The standard InChI is InChI=1S/C35H34N2O7/c1-20(2)18-43-34(41)22-11-13-25(14-12-22)36-29(38)19-44-35(42)23-9-6-10-26(15-23)37-32(39)30-24-16-27(21-7-4-3-5-8-21)28(17-24)31(30)33(37)40/h3-15,20,24,27-28,30-31H,16-19H2,1-2H3,(H,36,38)/t24-,27+,28+,30+,31-/m0/s1. The highest BCUT2D eigenvalue weighted by molar-refractivity contribution is 6.23. The fourth-order valence-corrected chi connectivity index (χ4v) is 7.00. The molecule has 44 heavy (non-hydrogen) atoms. The molecule has 1 heterocycles. The van der Waals surface area contributed by atoms with Crippen LogP contribution in [0.5, 0.6) is 0 Å². The molecule has 3 aromatic carbocycles. The maximum atomic E-state index is 13.7. The second-order valence-corrected chi connectivity index (χ2v) is 12.2. The highest BCUT2D eigenvalue weighted by Gasteiger charge is 2.64. The molecule has 3 aliphatic rings. The van der Waals surface area contributed by atoms with Gasteiger partial charge in [-0.25, -0.2) is 9.59 Å². The molecule has 9 nitrogen and oxygen atoms in total. The summed E-state index contributed by atoms with van der Waals surface area (Å²) in [5, 5.41) is 2.62. The first-order valence-electron chi connectivity index (χ1n) is 15.0. The largest absolute Gasteiger partial charge is 0.462 e. The lowest BCUT2D eigenvalue weighted by molar-refractivity contribution is -0.123. The Bertz CT molecular complexity index is 1600. The van der Waals surface area contributed by atoms with Crippen LogP contribution in [-0.4, -0.2) is 42.9 Å². The number of fused-ring (bicyclic) bond motifs is 5. The van der Waals surface area contributed by atoms with E-state index in [1.807, 2.05) is 32.0 Å². The molecule has 3 amide bonds. The van der Waals surface area contributed by atoms with E-state index in [1.165, 1.54) is 34.7 Å². The third-order valence-corrected chi connectivity index (χ3v) is 8.87. The Kier molecular flexibility index (Phi) is 8.03. The van der Waals surface area contributed by atoms with Gasteiger partial charge in [0.05, 0.1) is 35.3 Å². The van der Waals surface area contributed by atoms with Crippen molar-refractivity contribution in [2.75, 3.05) is 23.4 Å². The number of benzene rings is 3. The third-order valence-electron chi connectivity index (χ3n) is 8.87. The number of nitrogens with zero attached hydrogens (tertiary/aromatic N) is 1. The van der Waals surface area contributed by atoms with E-state index in [0.29, 0.717) is 23.5 Å². The molecule has 5 atom stereocenters. The van der Waals surface area contributed by atoms with Crippen LogP contribution in [0.4, 0.5) is 11.4 Å². The van der Waals surface area contributed by atoms with Crippen molar-refractivity contribution in [3.8, 4) is 0 Å². The van der Waals surface area contributed by atoms with Gasteiger partial charge in [-0.15, -0.1) is 0 Å². The summed E-state index contributed by atoms with van der Waals surface area (Å²) >= 11 is 0. The number of carbonyl (C=O) groups is 5. The maximum Gasteiger partial charge on any atom is 0.338 e. The van der Waals surface area contributed by atoms with Crippen molar-refractivity contribution in [1.29, 1.82) is 0 Å². The molecule has 3 fully saturated rings. The van der Waals surface area contributed by atoms with E-state index >= 15 is 0 Å². The van der Waals surface area contributed by atoms with Gasteiger partial charge in [-0.05, 0) is 84.5 Å². The van der Waals surface area contributed by atoms with Crippen LogP contribution in [0.1, 0.15) is 58.9 Å². The van der Waals surface area contributed by atoms with Crippen molar-refractivity contribution >= 4 is 41.0 Å². The van der Waals surface area contributed by atoms with Crippen LogP contribution < -0.4 is 10.2 Å². The topological polar surface area (TPSA) is 119 Å². The summed E-state index contributed by atoms with van der Waals surface area (Å²) in [7, 11) is 0. The van der Waals surface area contributed by atoms with E-state index < -0.39 is 24.5 Å². The molecule has 1 saturated heterocycles. The molecule has 0 aromatic heterocycles. The van der Waals surface area contributed by atoms with Crippen molar-refractivity contribution in [2.24, 2.45) is 29.6 Å². The second-order valence-electron chi connectivity index (χ2n) is 12.2. The zero-order valence-corrected chi connectivity index (χ0v) is 24.6. The highest BCUT2D eigenvalue weighted by Crippen LogP contribution is 2.61. The Hall–Kier alpha value is -4.79. The molecular weight excluding hydrogens is 560 g/mol. The molecule has 2 bridgehead atoms. The van der Waals surface area contributed by atoms with Crippen molar-refractivity contribution < 1.29 is 33.4 Å². The van der Waals surface area contributed by atoms with Gasteiger partial charge in [-0.3, -0.25) is 19.3 Å². The van der Waals surface area contributed by atoms with Crippen molar-refractivity contribution in [3.63, 3.8) is 0 Å². The van der Waals surface area contributed by atoms with Crippen LogP contribution in [0, 0.1) is 29.6 Å². The highest BCUT2D eigenvalue weighted by atomic mass is 16.5. The van der Waals surface area contributed by atoms with Crippen LogP contribution in [-0.2, 0) is 23.9 Å². The van der Waals surface area contributed by atoms with E-state index in [1.54, 1.807) is 24.3 Å². The normalized spacial score (nSPS) is 23.5.